The van der Waals surface area contributed by atoms with Crippen LogP contribution in [-0.4, -0.2) is 34.1 Å². The number of aryl methyl sites for hydroxylation is 1. The SMILES string of the molecule is Cc1cc(-c2cc(-c3ccc(OCC(=O)NCCC#N)cc3)[nH]c(=O)n2)ccc1O. The van der Waals surface area contributed by atoms with Gasteiger partial charge in [0.1, 0.15) is 11.5 Å². The van der Waals surface area contributed by atoms with Crippen LogP contribution in [0.4, 0.5) is 0 Å². The average Bonchev–Trinajstić information content (AvgIpc) is 2.74. The van der Waals surface area contributed by atoms with Crippen LogP contribution < -0.4 is 15.7 Å². The molecule has 0 unspecified atom stereocenters. The van der Waals surface area contributed by atoms with E-state index in [1.54, 1.807) is 55.5 Å². The Balaban J connectivity index is 1.74. The van der Waals surface area contributed by atoms with Crippen molar-refractivity contribution in [3.05, 3.63) is 64.6 Å². The van der Waals surface area contributed by atoms with Gasteiger partial charge >= 0.3 is 5.69 Å². The summed E-state index contributed by atoms with van der Waals surface area (Å²) < 4.78 is 5.43. The molecule has 0 saturated heterocycles. The number of nitrogens with zero attached hydrogens (tertiary/aromatic N) is 2. The van der Waals surface area contributed by atoms with Crippen molar-refractivity contribution in [1.82, 2.24) is 15.3 Å². The highest BCUT2D eigenvalue weighted by atomic mass is 16.5. The molecule has 3 aromatic rings. The number of aromatic hydroxyl groups is 1. The van der Waals surface area contributed by atoms with Crippen LogP contribution >= 0.6 is 0 Å². The van der Waals surface area contributed by atoms with E-state index >= 15 is 0 Å². The number of nitriles is 1. The molecule has 30 heavy (non-hydrogen) atoms. The molecule has 0 atom stereocenters. The van der Waals surface area contributed by atoms with Crippen LogP contribution in [0.25, 0.3) is 22.5 Å². The van der Waals surface area contributed by atoms with Gasteiger partial charge in [-0.25, -0.2) is 4.79 Å². The van der Waals surface area contributed by atoms with Crippen molar-refractivity contribution in [2.24, 2.45) is 0 Å². The number of ether oxygens (including phenoxy) is 1. The van der Waals surface area contributed by atoms with Gasteiger partial charge in [0.2, 0.25) is 0 Å². The van der Waals surface area contributed by atoms with Crippen LogP contribution in [0.2, 0.25) is 0 Å². The fraction of sp³-hybridized carbons (Fsp3) is 0.182. The van der Waals surface area contributed by atoms with Gasteiger partial charge in [0.15, 0.2) is 6.61 Å². The summed E-state index contributed by atoms with van der Waals surface area (Å²) in [5.74, 6) is 0.375. The molecule has 8 heteroatoms. The molecule has 0 radical (unpaired) electrons. The quantitative estimate of drug-likeness (QED) is 0.519. The van der Waals surface area contributed by atoms with Gasteiger partial charge in [-0.2, -0.15) is 10.2 Å². The minimum Gasteiger partial charge on any atom is -0.508 e. The number of carbonyl (C=O) groups is 1. The van der Waals surface area contributed by atoms with Gasteiger partial charge in [0, 0.05) is 12.1 Å². The lowest BCUT2D eigenvalue weighted by molar-refractivity contribution is -0.123. The number of nitrogens with one attached hydrogen (secondary N) is 2. The Labute approximate surface area is 172 Å². The fourth-order valence-electron chi connectivity index (χ4n) is 2.76. The second kappa shape index (κ2) is 9.39. The highest BCUT2D eigenvalue weighted by Gasteiger charge is 2.08. The zero-order valence-electron chi connectivity index (χ0n) is 16.3. The van der Waals surface area contributed by atoms with Gasteiger partial charge in [-0.05, 0) is 66.6 Å². The Kier molecular flexibility index (Phi) is 6.45. The molecule has 3 N–H and O–H groups in total. The third-order valence-corrected chi connectivity index (χ3v) is 4.33. The van der Waals surface area contributed by atoms with Crippen LogP contribution in [0, 0.1) is 18.3 Å². The largest absolute Gasteiger partial charge is 0.508 e. The first-order chi connectivity index (χ1) is 14.5. The molecule has 152 valence electrons. The lowest BCUT2D eigenvalue weighted by Crippen LogP contribution is -2.29. The number of amides is 1. The summed E-state index contributed by atoms with van der Waals surface area (Å²) in [6.07, 6.45) is 0.246. The van der Waals surface area contributed by atoms with Crippen molar-refractivity contribution < 1.29 is 14.6 Å². The Morgan fingerprint density at radius 1 is 1.20 bits per heavy atom. The normalized spacial score (nSPS) is 10.3. The van der Waals surface area contributed by atoms with Crippen molar-refractivity contribution in [3.8, 4) is 40.1 Å². The number of hydrogen-bond acceptors (Lipinski definition) is 6. The first-order valence-corrected chi connectivity index (χ1v) is 9.24. The Hall–Kier alpha value is -4.12. The summed E-state index contributed by atoms with van der Waals surface area (Å²) in [5.41, 5.74) is 2.75. The van der Waals surface area contributed by atoms with Crippen molar-refractivity contribution in [2.75, 3.05) is 13.2 Å². The van der Waals surface area contributed by atoms with Crippen molar-refractivity contribution in [2.45, 2.75) is 13.3 Å². The third kappa shape index (κ3) is 5.23. The van der Waals surface area contributed by atoms with Gasteiger partial charge in [-0.1, -0.05) is 0 Å². The number of phenols is 1. The van der Waals surface area contributed by atoms with Crippen LogP contribution in [0.3, 0.4) is 0 Å². The number of rotatable bonds is 7. The Morgan fingerprint density at radius 2 is 1.93 bits per heavy atom. The molecule has 1 heterocycles. The molecule has 0 aliphatic rings. The lowest BCUT2D eigenvalue weighted by Gasteiger charge is -2.09. The summed E-state index contributed by atoms with van der Waals surface area (Å²) in [6, 6.07) is 15.6. The maximum atomic E-state index is 12.1. The molecule has 0 aliphatic carbocycles. The van der Waals surface area contributed by atoms with E-state index in [0.29, 0.717) is 22.7 Å². The molecule has 3 rings (SSSR count). The van der Waals surface area contributed by atoms with Crippen molar-refractivity contribution in [1.29, 1.82) is 5.26 Å². The van der Waals surface area contributed by atoms with Crippen LogP contribution in [0.5, 0.6) is 11.5 Å². The lowest BCUT2D eigenvalue weighted by atomic mass is 10.1. The van der Waals surface area contributed by atoms with Crippen LogP contribution in [-0.2, 0) is 4.79 Å². The second-order valence-corrected chi connectivity index (χ2v) is 6.56. The van der Waals surface area contributed by atoms with Gasteiger partial charge < -0.3 is 20.1 Å². The molecule has 8 nitrogen and oxygen atoms in total. The van der Waals surface area contributed by atoms with E-state index in [0.717, 1.165) is 11.1 Å². The zero-order valence-corrected chi connectivity index (χ0v) is 16.3. The maximum absolute atomic E-state index is 12.1. The zero-order chi connectivity index (χ0) is 21.5. The Bertz CT molecular complexity index is 1150. The number of H-pyrrole nitrogens is 1. The van der Waals surface area contributed by atoms with Crippen molar-refractivity contribution in [3.63, 3.8) is 0 Å². The number of benzene rings is 2. The number of aromatic nitrogens is 2. The van der Waals surface area contributed by atoms with Crippen LogP contribution in [0.1, 0.15) is 12.0 Å². The number of phenolic OH excluding ortho intramolecular Hbond substituents is 1. The van der Waals surface area contributed by atoms with Gasteiger partial charge in [-0.15, -0.1) is 0 Å². The third-order valence-electron chi connectivity index (χ3n) is 4.33. The van der Waals surface area contributed by atoms with E-state index < -0.39 is 5.69 Å². The standard InChI is InChI=1S/C22H20N4O4/c1-14-11-16(5-8-20(14)27)19-12-18(25-22(29)26-19)15-3-6-17(7-4-15)30-13-21(28)24-10-2-9-23/h3-8,11-12,27H,2,10,13H2,1H3,(H,24,28)(H,25,26,29). The summed E-state index contributed by atoms with van der Waals surface area (Å²) in [5, 5.41) is 20.7. The van der Waals surface area contributed by atoms with E-state index in [2.05, 4.69) is 15.3 Å². The van der Waals surface area contributed by atoms with Gasteiger partial charge in [0.25, 0.3) is 5.91 Å². The van der Waals surface area contributed by atoms with Gasteiger partial charge in [-0.3, -0.25) is 4.79 Å². The molecule has 0 saturated carbocycles. The van der Waals surface area contributed by atoms with Crippen molar-refractivity contribution >= 4 is 5.91 Å². The molecular formula is C22H20N4O4. The molecule has 0 fully saturated rings. The van der Waals surface area contributed by atoms with E-state index in [4.69, 9.17) is 10.00 Å². The molecule has 0 spiro atoms. The highest BCUT2D eigenvalue weighted by Crippen LogP contribution is 2.26. The molecular weight excluding hydrogens is 384 g/mol. The Morgan fingerprint density at radius 3 is 2.63 bits per heavy atom. The van der Waals surface area contributed by atoms with E-state index in [1.807, 2.05) is 6.07 Å². The average molecular weight is 404 g/mol. The predicted octanol–water partition coefficient (Wildman–Crippen LogP) is 2.53. The van der Waals surface area contributed by atoms with E-state index in [1.165, 1.54) is 0 Å². The minimum atomic E-state index is -0.484. The summed E-state index contributed by atoms with van der Waals surface area (Å²) in [7, 11) is 0. The van der Waals surface area contributed by atoms with E-state index in [-0.39, 0.29) is 31.2 Å². The summed E-state index contributed by atoms with van der Waals surface area (Å²) in [4.78, 5) is 30.4. The molecule has 0 bridgehead atoms. The fourth-order valence-corrected chi connectivity index (χ4v) is 2.76. The van der Waals surface area contributed by atoms with Gasteiger partial charge in [0.05, 0.1) is 23.9 Å². The van der Waals surface area contributed by atoms with Crippen LogP contribution in [0.15, 0.2) is 53.3 Å². The number of carbonyl (C=O) groups excluding carboxylic acids is 1. The predicted molar refractivity (Wildman–Crippen MR) is 111 cm³/mol. The number of hydrogen-bond donors (Lipinski definition) is 3. The minimum absolute atomic E-state index is 0.152. The first-order valence-electron chi connectivity index (χ1n) is 9.24. The second-order valence-electron chi connectivity index (χ2n) is 6.56. The molecule has 1 aromatic heterocycles. The smallest absolute Gasteiger partial charge is 0.345 e. The molecule has 2 aromatic carbocycles. The molecule has 0 aliphatic heterocycles. The first kappa shape index (κ1) is 20.6. The maximum Gasteiger partial charge on any atom is 0.345 e. The number of aromatic amines is 1. The monoisotopic (exact) mass is 404 g/mol. The topological polar surface area (TPSA) is 128 Å². The summed E-state index contributed by atoms with van der Waals surface area (Å²) in [6.45, 7) is 1.91. The molecule has 1 amide bonds. The summed E-state index contributed by atoms with van der Waals surface area (Å²) >= 11 is 0. The van der Waals surface area contributed by atoms with E-state index in [9.17, 15) is 14.7 Å². The highest BCUT2D eigenvalue weighted by molar-refractivity contribution is 5.77.